The van der Waals surface area contributed by atoms with E-state index >= 15 is 0 Å². The van der Waals surface area contributed by atoms with Crippen LogP contribution in [0.2, 0.25) is 0 Å². The molecule has 0 fully saturated rings. The maximum absolute atomic E-state index is 14.0. The highest BCUT2D eigenvalue weighted by Gasteiger charge is 2.18. The van der Waals surface area contributed by atoms with Gasteiger partial charge in [0.05, 0.1) is 10.5 Å². The van der Waals surface area contributed by atoms with Gasteiger partial charge < -0.3 is 14.8 Å². The van der Waals surface area contributed by atoms with E-state index in [1.807, 2.05) is 0 Å². The molecule has 0 radical (unpaired) electrons. The molecule has 2 rings (SSSR count). The van der Waals surface area contributed by atoms with E-state index in [1.54, 1.807) is 0 Å². The summed E-state index contributed by atoms with van der Waals surface area (Å²) in [6, 6.07) is 8.89. The maximum atomic E-state index is 14.0. The molecule has 0 heterocycles. The first kappa shape index (κ1) is 20.5. The number of benzene rings is 2. The highest BCUT2D eigenvalue weighted by molar-refractivity contribution is 5.99. The summed E-state index contributed by atoms with van der Waals surface area (Å²) in [6.07, 6.45) is 0. The second-order valence-corrected chi connectivity index (χ2v) is 5.47. The summed E-state index contributed by atoms with van der Waals surface area (Å²) in [7, 11) is 0. The van der Waals surface area contributed by atoms with Crippen LogP contribution in [0, 0.1) is 15.9 Å². The zero-order valence-corrected chi connectivity index (χ0v) is 14.6. The van der Waals surface area contributed by atoms with E-state index in [1.165, 1.54) is 37.3 Å². The first-order valence-corrected chi connectivity index (χ1v) is 7.90. The zero-order chi connectivity index (χ0) is 20.7. The molecule has 2 aromatic carbocycles. The molecule has 0 bridgehead atoms. The van der Waals surface area contributed by atoms with Crippen LogP contribution >= 0.6 is 0 Å². The molecule has 0 unspecified atom stereocenters. The fraction of sp³-hybridized carbons (Fsp3) is 0.167. The summed E-state index contributed by atoms with van der Waals surface area (Å²) in [5, 5.41) is 13.2. The van der Waals surface area contributed by atoms with Crippen molar-refractivity contribution in [1.82, 2.24) is 0 Å². The molecule has 9 nitrogen and oxygen atoms in total. The number of nitro groups is 1. The van der Waals surface area contributed by atoms with Crippen molar-refractivity contribution in [2.75, 3.05) is 18.5 Å². The highest BCUT2D eigenvalue weighted by Crippen LogP contribution is 2.25. The summed E-state index contributed by atoms with van der Waals surface area (Å²) >= 11 is 0. The van der Waals surface area contributed by atoms with Crippen molar-refractivity contribution in [2.24, 2.45) is 0 Å². The second kappa shape index (κ2) is 9.21. The predicted octanol–water partition coefficient (Wildman–Crippen LogP) is 2.50. The van der Waals surface area contributed by atoms with Crippen molar-refractivity contribution < 1.29 is 33.2 Å². The van der Waals surface area contributed by atoms with Crippen molar-refractivity contribution in [3.63, 3.8) is 0 Å². The van der Waals surface area contributed by atoms with Gasteiger partial charge in [-0.2, -0.15) is 0 Å². The molecule has 0 aliphatic heterocycles. The largest absolute Gasteiger partial charge is 0.475 e. The van der Waals surface area contributed by atoms with Gasteiger partial charge >= 0.3 is 11.7 Å². The van der Waals surface area contributed by atoms with Crippen LogP contribution in [0.25, 0.3) is 0 Å². The molecule has 28 heavy (non-hydrogen) atoms. The van der Waals surface area contributed by atoms with E-state index in [0.29, 0.717) is 0 Å². The molecule has 0 saturated carbocycles. The molecule has 0 aromatic heterocycles. The Morgan fingerprint density at radius 3 is 2.50 bits per heavy atom. The molecule has 0 aliphatic rings. The normalized spacial score (nSPS) is 10.1. The summed E-state index contributed by atoms with van der Waals surface area (Å²) in [5.41, 5.74) is -0.467. The Labute approximate surface area is 158 Å². The van der Waals surface area contributed by atoms with Gasteiger partial charge in [0.2, 0.25) is 11.7 Å². The number of carbonyl (C=O) groups excluding carboxylic acids is 3. The van der Waals surface area contributed by atoms with E-state index in [9.17, 15) is 28.9 Å². The lowest BCUT2D eigenvalue weighted by atomic mass is 10.1. The first-order valence-electron chi connectivity index (χ1n) is 7.90. The van der Waals surface area contributed by atoms with Crippen LogP contribution in [-0.4, -0.2) is 35.8 Å². The fourth-order valence-electron chi connectivity index (χ4n) is 2.15. The minimum Gasteiger partial charge on any atom is -0.475 e. The summed E-state index contributed by atoms with van der Waals surface area (Å²) in [5.74, 6) is -3.17. The van der Waals surface area contributed by atoms with E-state index in [-0.39, 0.29) is 22.7 Å². The van der Waals surface area contributed by atoms with E-state index in [4.69, 9.17) is 9.47 Å². The number of nitrogens with one attached hydrogen (secondary N) is 1. The van der Waals surface area contributed by atoms with Crippen molar-refractivity contribution in [2.45, 2.75) is 6.92 Å². The van der Waals surface area contributed by atoms with E-state index in [0.717, 1.165) is 12.1 Å². The number of nitrogens with zero attached hydrogens (tertiary/aromatic N) is 1. The van der Waals surface area contributed by atoms with Crippen molar-refractivity contribution in [3.05, 3.63) is 64.0 Å². The van der Waals surface area contributed by atoms with Gasteiger partial charge in [-0.15, -0.1) is 0 Å². The number of hydrogen-bond donors (Lipinski definition) is 1. The van der Waals surface area contributed by atoms with Gasteiger partial charge in [-0.25, -0.2) is 9.18 Å². The van der Waals surface area contributed by atoms with Crippen LogP contribution in [0.4, 0.5) is 15.8 Å². The van der Waals surface area contributed by atoms with Gasteiger partial charge in [0, 0.05) is 18.7 Å². The predicted molar refractivity (Wildman–Crippen MR) is 94.6 cm³/mol. The second-order valence-electron chi connectivity index (χ2n) is 5.47. The van der Waals surface area contributed by atoms with Gasteiger partial charge in [-0.3, -0.25) is 19.7 Å². The average Bonchev–Trinajstić information content (AvgIpc) is 2.64. The lowest BCUT2D eigenvalue weighted by molar-refractivity contribution is -0.385. The number of amides is 1. The third-order valence-electron chi connectivity index (χ3n) is 3.36. The highest BCUT2D eigenvalue weighted by atomic mass is 19.1. The van der Waals surface area contributed by atoms with Gasteiger partial charge in [-0.05, 0) is 24.3 Å². The smallest absolute Gasteiger partial charge is 0.344 e. The number of Topliss-reactive ketones (excluding diaryl/α,β-unsaturated/α-hetero) is 1. The van der Waals surface area contributed by atoms with Gasteiger partial charge in [0.15, 0.2) is 19.0 Å². The number of nitro benzene ring substituents is 1. The SMILES string of the molecule is CC(=O)Nc1ccc(C(=O)COC(=O)COc2ccccc2[N+](=O)[O-])c(F)c1. The minimum absolute atomic E-state index is 0.129. The van der Waals surface area contributed by atoms with E-state index in [2.05, 4.69) is 5.32 Å². The molecule has 146 valence electrons. The summed E-state index contributed by atoms with van der Waals surface area (Å²) in [6.45, 7) is -0.153. The van der Waals surface area contributed by atoms with Crippen molar-refractivity contribution >= 4 is 29.0 Å². The number of halogens is 1. The van der Waals surface area contributed by atoms with Crippen LogP contribution in [-0.2, 0) is 14.3 Å². The number of ether oxygens (including phenoxy) is 2. The van der Waals surface area contributed by atoms with Crippen molar-refractivity contribution in [3.8, 4) is 5.75 Å². The average molecular weight is 390 g/mol. The van der Waals surface area contributed by atoms with Crippen LogP contribution in [0.3, 0.4) is 0 Å². The van der Waals surface area contributed by atoms with Gasteiger partial charge in [0.1, 0.15) is 5.82 Å². The molecular formula is C18H15FN2O7. The molecule has 0 aliphatic carbocycles. The Kier molecular flexibility index (Phi) is 6.74. The number of rotatable bonds is 8. The Balaban J connectivity index is 1.90. The zero-order valence-electron chi connectivity index (χ0n) is 14.6. The topological polar surface area (TPSA) is 125 Å². The Bertz CT molecular complexity index is 930. The molecule has 1 N–H and O–H groups in total. The van der Waals surface area contributed by atoms with Crippen LogP contribution in [0.15, 0.2) is 42.5 Å². The van der Waals surface area contributed by atoms with Crippen LogP contribution < -0.4 is 10.1 Å². The third kappa shape index (κ3) is 5.59. The number of anilines is 1. The summed E-state index contributed by atoms with van der Waals surface area (Å²) in [4.78, 5) is 44.8. The van der Waals surface area contributed by atoms with Crippen LogP contribution in [0.1, 0.15) is 17.3 Å². The van der Waals surface area contributed by atoms with Crippen LogP contribution in [0.5, 0.6) is 5.75 Å². The monoisotopic (exact) mass is 390 g/mol. The third-order valence-corrected chi connectivity index (χ3v) is 3.36. The number of esters is 1. The molecule has 0 atom stereocenters. The molecular weight excluding hydrogens is 375 g/mol. The Morgan fingerprint density at radius 2 is 1.86 bits per heavy atom. The van der Waals surface area contributed by atoms with Crippen molar-refractivity contribution in [1.29, 1.82) is 0 Å². The summed E-state index contributed by atoms with van der Waals surface area (Å²) < 4.78 is 23.7. The quantitative estimate of drug-likeness (QED) is 0.318. The lowest BCUT2D eigenvalue weighted by Gasteiger charge is -2.08. The number of ketones is 1. The van der Waals surface area contributed by atoms with E-state index < -0.39 is 41.6 Å². The molecule has 10 heteroatoms. The Morgan fingerprint density at radius 1 is 1.14 bits per heavy atom. The lowest BCUT2D eigenvalue weighted by Crippen LogP contribution is -2.20. The molecule has 2 aromatic rings. The molecule has 1 amide bonds. The Hall–Kier alpha value is -3.82. The number of carbonyl (C=O) groups is 3. The number of hydrogen-bond acceptors (Lipinski definition) is 7. The molecule has 0 saturated heterocycles. The van der Waals surface area contributed by atoms with Gasteiger partial charge in [0.25, 0.3) is 0 Å². The van der Waals surface area contributed by atoms with Gasteiger partial charge in [-0.1, -0.05) is 12.1 Å². The first-order chi connectivity index (χ1) is 13.3. The maximum Gasteiger partial charge on any atom is 0.344 e. The number of para-hydroxylation sites is 2. The fourth-order valence-corrected chi connectivity index (χ4v) is 2.15. The molecule has 0 spiro atoms. The standard InChI is InChI=1S/C18H15FN2O7/c1-11(22)20-12-6-7-13(14(19)8-12)16(23)9-28-18(24)10-27-17-5-3-2-4-15(17)21(25)26/h2-8H,9-10H2,1H3,(H,20,22). The minimum atomic E-state index is -0.957.